The van der Waals surface area contributed by atoms with Crippen LogP contribution in [0.2, 0.25) is 0 Å². The van der Waals surface area contributed by atoms with E-state index < -0.39 is 0 Å². The summed E-state index contributed by atoms with van der Waals surface area (Å²) in [4.78, 5) is 16.3. The molecule has 5 heteroatoms. The van der Waals surface area contributed by atoms with Crippen LogP contribution in [0.15, 0.2) is 24.3 Å². The van der Waals surface area contributed by atoms with Gasteiger partial charge < -0.3 is 20.2 Å². The highest BCUT2D eigenvalue weighted by molar-refractivity contribution is 5.95. The average molecular weight is 331 g/mol. The number of unbranched alkanes of at least 4 members (excludes halogenated alkanes) is 1. The van der Waals surface area contributed by atoms with Crippen LogP contribution in [0.4, 0.5) is 11.4 Å². The van der Waals surface area contributed by atoms with Crippen molar-refractivity contribution in [3.63, 3.8) is 0 Å². The molecule has 2 fully saturated rings. The molecule has 2 N–H and O–H groups in total. The van der Waals surface area contributed by atoms with Gasteiger partial charge in [-0.15, -0.1) is 0 Å². The number of hydrogen-bond donors (Lipinski definition) is 2. The second kappa shape index (κ2) is 8.49. The standard InChI is InChI=1S/C19H29N3O2/c23-14-2-1-10-20-16-8-12-21(13-9-16)17-5-3-6-18(15-17)22-11-4-7-19(22)24/h3,5-6,15-16,20,23H,1-2,4,7-14H2. The summed E-state index contributed by atoms with van der Waals surface area (Å²) in [5.41, 5.74) is 2.27. The third-order valence-corrected chi connectivity index (χ3v) is 5.09. The van der Waals surface area contributed by atoms with Crippen molar-refractivity contribution in [1.82, 2.24) is 5.32 Å². The summed E-state index contributed by atoms with van der Waals surface area (Å²) in [5, 5.41) is 12.4. The smallest absolute Gasteiger partial charge is 0.227 e. The Balaban J connectivity index is 1.52. The zero-order chi connectivity index (χ0) is 16.8. The lowest BCUT2D eigenvalue weighted by Crippen LogP contribution is -2.42. The number of aliphatic hydroxyl groups excluding tert-OH is 1. The van der Waals surface area contributed by atoms with E-state index in [9.17, 15) is 4.79 Å². The summed E-state index contributed by atoms with van der Waals surface area (Å²) >= 11 is 0. The first-order valence-electron chi connectivity index (χ1n) is 9.27. The van der Waals surface area contributed by atoms with E-state index in [-0.39, 0.29) is 12.5 Å². The maximum Gasteiger partial charge on any atom is 0.227 e. The topological polar surface area (TPSA) is 55.8 Å². The number of nitrogens with one attached hydrogen (secondary N) is 1. The van der Waals surface area contributed by atoms with Gasteiger partial charge in [-0.1, -0.05) is 6.07 Å². The fourth-order valence-electron chi connectivity index (χ4n) is 3.66. The highest BCUT2D eigenvalue weighted by Gasteiger charge is 2.23. The number of rotatable bonds is 7. The first kappa shape index (κ1) is 17.2. The second-order valence-electron chi connectivity index (χ2n) is 6.81. The lowest BCUT2D eigenvalue weighted by molar-refractivity contribution is -0.117. The second-order valence-corrected chi connectivity index (χ2v) is 6.81. The van der Waals surface area contributed by atoms with Crippen molar-refractivity contribution in [2.45, 2.75) is 44.6 Å². The first-order valence-corrected chi connectivity index (χ1v) is 9.27. The molecule has 0 radical (unpaired) electrons. The zero-order valence-corrected chi connectivity index (χ0v) is 14.4. The van der Waals surface area contributed by atoms with Gasteiger partial charge in [0.25, 0.3) is 0 Å². The van der Waals surface area contributed by atoms with Crippen LogP contribution in [-0.4, -0.2) is 49.8 Å². The van der Waals surface area contributed by atoms with Crippen LogP contribution >= 0.6 is 0 Å². The molecule has 0 bridgehead atoms. The van der Waals surface area contributed by atoms with Crippen LogP contribution in [0.1, 0.15) is 38.5 Å². The maximum atomic E-state index is 11.9. The molecule has 2 saturated heterocycles. The molecule has 1 aromatic carbocycles. The van der Waals surface area contributed by atoms with Crippen molar-refractivity contribution in [1.29, 1.82) is 0 Å². The Kier molecular flexibility index (Phi) is 6.10. The van der Waals surface area contributed by atoms with Gasteiger partial charge in [0.2, 0.25) is 5.91 Å². The third-order valence-electron chi connectivity index (χ3n) is 5.09. The van der Waals surface area contributed by atoms with E-state index in [4.69, 9.17) is 5.11 Å². The Morgan fingerprint density at radius 3 is 2.62 bits per heavy atom. The van der Waals surface area contributed by atoms with E-state index in [0.29, 0.717) is 12.5 Å². The van der Waals surface area contributed by atoms with Crippen molar-refractivity contribution < 1.29 is 9.90 Å². The van der Waals surface area contributed by atoms with Crippen LogP contribution in [0.5, 0.6) is 0 Å². The highest BCUT2D eigenvalue weighted by Crippen LogP contribution is 2.27. The van der Waals surface area contributed by atoms with Crippen LogP contribution in [0.25, 0.3) is 0 Å². The Morgan fingerprint density at radius 1 is 1.12 bits per heavy atom. The molecular weight excluding hydrogens is 302 g/mol. The van der Waals surface area contributed by atoms with Crippen LogP contribution in [0.3, 0.4) is 0 Å². The van der Waals surface area contributed by atoms with Crippen molar-refractivity contribution in [3.8, 4) is 0 Å². The summed E-state index contributed by atoms with van der Waals surface area (Å²) in [7, 11) is 0. The minimum absolute atomic E-state index is 0.248. The number of piperidine rings is 1. The van der Waals surface area contributed by atoms with Gasteiger partial charge in [-0.05, 0) is 56.8 Å². The quantitative estimate of drug-likeness (QED) is 0.752. The van der Waals surface area contributed by atoms with Crippen molar-refractivity contribution in [3.05, 3.63) is 24.3 Å². The Labute approximate surface area is 144 Å². The van der Waals surface area contributed by atoms with Crippen molar-refractivity contribution in [2.75, 3.05) is 42.6 Å². The molecular formula is C19H29N3O2. The Hall–Kier alpha value is -1.59. The number of benzene rings is 1. The number of carbonyl (C=O) groups is 1. The number of nitrogens with zero attached hydrogens (tertiary/aromatic N) is 2. The minimum atomic E-state index is 0.248. The van der Waals surface area contributed by atoms with Gasteiger partial charge in [0.05, 0.1) is 0 Å². The summed E-state index contributed by atoms with van der Waals surface area (Å²) in [6.07, 6.45) is 5.86. The van der Waals surface area contributed by atoms with E-state index >= 15 is 0 Å². The molecule has 3 rings (SSSR count). The fourth-order valence-corrected chi connectivity index (χ4v) is 3.66. The van der Waals surface area contributed by atoms with E-state index in [1.807, 2.05) is 11.0 Å². The highest BCUT2D eigenvalue weighted by atomic mass is 16.2. The molecule has 0 spiro atoms. The van der Waals surface area contributed by atoms with Gasteiger partial charge in [0.1, 0.15) is 0 Å². The number of aliphatic hydroxyl groups is 1. The van der Waals surface area contributed by atoms with Gasteiger partial charge in [-0.25, -0.2) is 0 Å². The zero-order valence-electron chi connectivity index (χ0n) is 14.4. The molecule has 0 aromatic heterocycles. The van der Waals surface area contributed by atoms with Crippen molar-refractivity contribution >= 4 is 17.3 Å². The number of hydrogen-bond acceptors (Lipinski definition) is 4. The van der Waals surface area contributed by atoms with Crippen molar-refractivity contribution in [2.24, 2.45) is 0 Å². The lowest BCUT2D eigenvalue weighted by atomic mass is 10.0. The van der Waals surface area contributed by atoms with Crippen LogP contribution in [-0.2, 0) is 4.79 Å². The molecule has 0 aliphatic carbocycles. The number of amides is 1. The normalized spacial score (nSPS) is 19.3. The predicted octanol–water partition coefficient (Wildman–Crippen LogP) is 2.14. The Bertz CT molecular complexity index is 541. The SMILES string of the molecule is O=C1CCCN1c1cccc(N2CCC(NCCCCO)CC2)c1. The molecule has 2 heterocycles. The van der Waals surface area contributed by atoms with E-state index in [1.165, 1.54) is 5.69 Å². The van der Waals surface area contributed by atoms with Gasteiger partial charge in [-0.2, -0.15) is 0 Å². The molecule has 0 atom stereocenters. The molecule has 2 aliphatic heterocycles. The molecule has 132 valence electrons. The van der Waals surface area contributed by atoms with Gasteiger partial charge >= 0.3 is 0 Å². The summed E-state index contributed by atoms with van der Waals surface area (Å²) in [5.74, 6) is 0.248. The predicted molar refractivity (Wildman–Crippen MR) is 97.6 cm³/mol. The largest absolute Gasteiger partial charge is 0.396 e. The summed E-state index contributed by atoms with van der Waals surface area (Å²) in [6, 6.07) is 9.01. The first-order chi connectivity index (χ1) is 11.8. The third kappa shape index (κ3) is 4.28. The lowest BCUT2D eigenvalue weighted by Gasteiger charge is -2.34. The van der Waals surface area contributed by atoms with Crippen LogP contribution in [0, 0.1) is 0 Å². The molecule has 0 unspecified atom stereocenters. The minimum Gasteiger partial charge on any atom is -0.396 e. The fraction of sp³-hybridized carbons (Fsp3) is 0.632. The average Bonchev–Trinajstić information content (AvgIpc) is 3.05. The molecule has 24 heavy (non-hydrogen) atoms. The Morgan fingerprint density at radius 2 is 1.92 bits per heavy atom. The van der Waals surface area contributed by atoms with Gasteiger partial charge in [0.15, 0.2) is 0 Å². The van der Waals surface area contributed by atoms with E-state index in [1.54, 1.807) is 0 Å². The molecule has 5 nitrogen and oxygen atoms in total. The maximum absolute atomic E-state index is 11.9. The van der Waals surface area contributed by atoms with E-state index in [0.717, 1.165) is 64.0 Å². The van der Waals surface area contributed by atoms with Gasteiger partial charge in [0, 0.05) is 50.1 Å². The molecule has 1 amide bonds. The number of carbonyl (C=O) groups excluding carboxylic acids is 1. The molecule has 0 saturated carbocycles. The summed E-state index contributed by atoms with van der Waals surface area (Å²) in [6.45, 7) is 4.24. The van der Waals surface area contributed by atoms with Gasteiger partial charge in [-0.3, -0.25) is 4.79 Å². The number of anilines is 2. The monoisotopic (exact) mass is 331 g/mol. The summed E-state index contributed by atoms with van der Waals surface area (Å²) < 4.78 is 0. The van der Waals surface area contributed by atoms with Crippen LogP contribution < -0.4 is 15.1 Å². The molecule has 1 aromatic rings. The molecule has 2 aliphatic rings. The van der Waals surface area contributed by atoms with E-state index in [2.05, 4.69) is 28.4 Å².